The molecule has 0 aliphatic carbocycles. The number of aromatic nitrogens is 1. The smallest absolute Gasteiger partial charge is 0.141 e. The number of likely N-dealkylation sites (tertiary alicyclic amines) is 1. The van der Waals surface area contributed by atoms with Crippen LogP contribution in [-0.4, -0.2) is 28.8 Å². The van der Waals surface area contributed by atoms with E-state index in [2.05, 4.69) is 9.88 Å². The molecule has 1 unspecified atom stereocenters. The number of pyridine rings is 1. The molecule has 4 heteroatoms. The standard InChI is InChI=1S/C12H15FN2O/c1-9-7-15(5-4-12(9)16)8-11-3-2-10(13)6-14-11/h2-3,6,9H,4-5,7-8H2,1H3. The Kier molecular flexibility index (Phi) is 3.29. The highest BCUT2D eigenvalue weighted by Crippen LogP contribution is 2.14. The van der Waals surface area contributed by atoms with E-state index >= 15 is 0 Å². The first kappa shape index (κ1) is 11.2. The van der Waals surface area contributed by atoms with Crippen molar-refractivity contribution in [1.82, 2.24) is 9.88 Å². The lowest BCUT2D eigenvalue weighted by Crippen LogP contribution is -2.39. The second-order valence-corrected chi connectivity index (χ2v) is 4.32. The van der Waals surface area contributed by atoms with E-state index in [0.29, 0.717) is 18.7 Å². The Morgan fingerprint density at radius 1 is 1.56 bits per heavy atom. The fraction of sp³-hybridized carbons (Fsp3) is 0.500. The maximum absolute atomic E-state index is 12.7. The molecule has 0 spiro atoms. The van der Waals surface area contributed by atoms with E-state index in [9.17, 15) is 9.18 Å². The summed E-state index contributed by atoms with van der Waals surface area (Å²) in [5.41, 5.74) is 0.850. The van der Waals surface area contributed by atoms with Crippen LogP contribution in [0.5, 0.6) is 0 Å². The topological polar surface area (TPSA) is 33.2 Å². The van der Waals surface area contributed by atoms with Crippen LogP contribution in [0.4, 0.5) is 4.39 Å². The third kappa shape index (κ3) is 2.64. The van der Waals surface area contributed by atoms with Crippen molar-refractivity contribution in [3.05, 3.63) is 29.8 Å². The van der Waals surface area contributed by atoms with Crippen LogP contribution in [0.15, 0.2) is 18.3 Å². The number of hydrogen-bond acceptors (Lipinski definition) is 3. The van der Waals surface area contributed by atoms with Crippen LogP contribution in [-0.2, 0) is 11.3 Å². The molecule has 0 aromatic carbocycles. The van der Waals surface area contributed by atoms with E-state index in [1.807, 2.05) is 6.92 Å². The molecule has 1 fully saturated rings. The highest BCUT2D eigenvalue weighted by Gasteiger charge is 2.23. The molecule has 0 saturated carbocycles. The normalized spacial score (nSPS) is 22.4. The van der Waals surface area contributed by atoms with Gasteiger partial charge in [0.15, 0.2) is 0 Å². The number of halogens is 1. The van der Waals surface area contributed by atoms with Crippen molar-refractivity contribution >= 4 is 5.78 Å². The monoisotopic (exact) mass is 222 g/mol. The summed E-state index contributed by atoms with van der Waals surface area (Å²) in [6, 6.07) is 3.11. The average molecular weight is 222 g/mol. The fourth-order valence-corrected chi connectivity index (χ4v) is 1.97. The van der Waals surface area contributed by atoms with Gasteiger partial charge in [0.25, 0.3) is 0 Å². The summed E-state index contributed by atoms with van der Waals surface area (Å²) in [5, 5.41) is 0. The molecular formula is C12H15FN2O. The second kappa shape index (κ2) is 4.70. The molecule has 1 aliphatic heterocycles. The van der Waals surface area contributed by atoms with Gasteiger partial charge in [0.1, 0.15) is 11.6 Å². The van der Waals surface area contributed by atoms with E-state index in [1.165, 1.54) is 12.3 Å². The lowest BCUT2D eigenvalue weighted by Gasteiger charge is -2.29. The van der Waals surface area contributed by atoms with Crippen molar-refractivity contribution in [3.8, 4) is 0 Å². The van der Waals surface area contributed by atoms with Crippen molar-refractivity contribution < 1.29 is 9.18 Å². The van der Waals surface area contributed by atoms with Gasteiger partial charge in [-0.05, 0) is 12.1 Å². The summed E-state index contributed by atoms with van der Waals surface area (Å²) >= 11 is 0. The van der Waals surface area contributed by atoms with Crippen LogP contribution < -0.4 is 0 Å². The number of carbonyl (C=O) groups is 1. The highest BCUT2D eigenvalue weighted by molar-refractivity contribution is 5.81. The van der Waals surface area contributed by atoms with Gasteiger partial charge in [-0.2, -0.15) is 0 Å². The van der Waals surface area contributed by atoms with Gasteiger partial charge in [-0.25, -0.2) is 4.39 Å². The molecule has 1 aromatic heterocycles. The predicted molar refractivity (Wildman–Crippen MR) is 58.3 cm³/mol. The van der Waals surface area contributed by atoms with E-state index in [0.717, 1.165) is 18.8 Å². The summed E-state index contributed by atoms with van der Waals surface area (Å²) in [4.78, 5) is 17.5. The molecule has 86 valence electrons. The minimum atomic E-state index is -0.314. The van der Waals surface area contributed by atoms with Gasteiger partial charge < -0.3 is 0 Å². The van der Waals surface area contributed by atoms with Crippen LogP contribution in [0.1, 0.15) is 19.0 Å². The average Bonchev–Trinajstić information content (AvgIpc) is 2.27. The molecule has 1 atom stereocenters. The first-order chi connectivity index (χ1) is 7.65. The first-order valence-corrected chi connectivity index (χ1v) is 5.50. The van der Waals surface area contributed by atoms with Crippen molar-refractivity contribution in [2.45, 2.75) is 19.9 Å². The Balaban J connectivity index is 1.95. The summed E-state index contributed by atoms with van der Waals surface area (Å²) < 4.78 is 12.7. The Labute approximate surface area is 94.3 Å². The molecule has 2 heterocycles. The van der Waals surface area contributed by atoms with Gasteiger partial charge in [-0.15, -0.1) is 0 Å². The summed E-state index contributed by atoms with van der Waals surface area (Å²) in [7, 11) is 0. The van der Waals surface area contributed by atoms with Gasteiger partial charge in [0, 0.05) is 32.0 Å². The van der Waals surface area contributed by atoms with Gasteiger partial charge >= 0.3 is 0 Å². The number of hydrogen-bond donors (Lipinski definition) is 0. The van der Waals surface area contributed by atoms with E-state index in [4.69, 9.17) is 0 Å². The molecule has 3 nitrogen and oxygen atoms in total. The number of carbonyl (C=O) groups excluding carboxylic acids is 1. The highest BCUT2D eigenvalue weighted by atomic mass is 19.1. The number of piperidine rings is 1. The van der Waals surface area contributed by atoms with Crippen LogP contribution in [0.3, 0.4) is 0 Å². The van der Waals surface area contributed by atoms with Crippen LogP contribution >= 0.6 is 0 Å². The molecule has 0 N–H and O–H groups in total. The van der Waals surface area contributed by atoms with Crippen molar-refractivity contribution in [2.75, 3.05) is 13.1 Å². The Bertz CT molecular complexity index is 377. The molecule has 2 rings (SSSR count). The van der Waals surface area contributed by atoms with Gasteiger partial charge in [-0.3, -0.25) is 14.7 Å². The van der Waals surface area contributed by atoms with Crippen LogP contribution in [0, 0.1) is 11.7 Å². The van der Waals surface area contributed by atoms with Crippen molar-refractivity contribution in [3.63, 3.8) is 0 Å². The van der Waals surface area contributed by atoms with Gasteiger partial charge in [0.05, 0.1) is 11.9 Å². The van der Waals surface area contributed by atoms with E-state index in [1.54, 1.807) is 6.07 Å². The maximum atomic E-state index is 12.7. The molecule has 16 heavy (non-hydrogen) atoms. The zero-order chi connectivity index (χ0) is 11.5. The zero-order valence-corrected chi connectivity index (χ0v) is 9.32. The molecule has 1 aromatic rings. The summed E-state index contributed by atoms with van der Waals surface area (Å²) in [5.74, 6) is 0.128. The molecule has 0 bridgehead atoms. The number of ketones is 1. The molecular weight excluding hydrogens is 207 g/mol. The summed E-state index contributed by atoms with van der Waals surface area (Å²) in [6.45, 7) is 4.20. The number of rotatable bonds is 2. The maximum Gasteiger partial charge on any atom is 0.141 e. The Hall–Kier alpha value is -1.29. The number of Topliss-reactive ketones (excluding diaryl/α,β-unsaturated/α-hetero) is 1. The molecule has 1 saturated heterocycles. The second-order valence-electron chi connectivity index (χ2n) is 4.32. The largest absolute Gasteiger partial charge is 0.299 e. The quantitative estimate of drug-likeness (QED) is 0.762. The zero-order valence-electron chi connectivity index (χ0n) is 9.32. The fourth-order valence-electron chi connectivity index (χ4n) is 1.97. The van der Waals surface area contributed by atoms with Gasteiger partial charge in [-0.1, -0.05) is 6.92 Å². The van der Waals surface area contributed by atoms with Crippen molar-refractivity contribution in [1.29, 1.82) is 0 Å². The SMILES string of the molecule is CC1CN(Cc2ccc(F)cn2)CCC1=O. The van der Waals surface area contributed by atoms with Crippen molar-refractivity contribution in [2.24, 2.45) is 5.92 Å². The first-order valence-electron chi connectivity index (χ1n) is 5.50. The predicted octanol–water partition coefficient (Wildman–Crippen LogP) is 1.63. The Morgan fingerprint density at radius 3 is 3.00 bits per heavy atom. The lowest BCUT2D eigenvalue weighted by atomic mass is 9.98. The third-order valence-electron chi connectivity index (χ3n) is 2.93. The summed E-state index contributed by atoms with van der Waals surface area (Å²) in [6.07, 6.45) is 1.84. The third-order valence-corrected chi connectivity index (χ3v) is 2.93. The van der Waals surface area contributed by atoms with E-state index in [-0.39, 0.29) is 11.7 Å². The molecule has 1 aliphatic rings. The van der Waals surface area contributed by atoms with Crippen LogP contribution in [0.2, 0.25) is 0 Å². The minimum absolute atomic E-state index is 0.106. The van der Waals surface area contributed by atoms with Gasteiger partial charge in [0.2, 0.25) is 0 Å². The lowest BCUT2D eigenvalue weighted by molar-refractivity contribution is -0.125. The molecule has 0 radical (unpaired) electrons. The van der Waals surface area contributed by atoms with E-state index < -0.39 is 0 Å². The Morgan fingerprint density at radius 2 is 2.38 bits per heavy atom. The number of nitrogens with zero attached hydrogens (tertiary/aromatic N) is 2. The molecule has 0 amide bonds. The minimum Gasteiger partial charge on any atom is -0.299 e. The van der Waals surface area contributed by atoms with Crippen LogP contribution in [0.25, 0.3) is 0 Å².